The number of ether oxygens (including phenoxy) is 1. The zero-order valence-electron chi connectivity index (χ0n) is 15.5. The number of para-hydroxylation sites is 1. The molecule has 10 heteroatoms. The molecule has 0 bridgehead atoms. The molecule has 1 aromatic heterocycles. The highest BCUT2D eigenvalue weighted by Crippen LogP contribution is 2.34. The first-order chi connectivity index (χ1) is 13.9. The third-order valence-electron chi connectivity index (χ3n) is 4.02. The van der Waals surface area contributed by atoms with Gasteiger partial charge in [-0.2, -0.15) is 0 Å². The van der Waals surface area contributed by atoms with E-state index in [0.29, 0.717) is 16.4 Å². The lowest BCUT2D eigenvalue weighted by Crippen LogP contribution is -2.09. The van der Waals surface area contributed by atoms with Crippen LogP contribution in [0.4, 0.5) is 28.7 Å². The summed E-state index contributed by atoms with van der Waals surface area (Å²) in [6, 6.07) is 11.6. The Balaban J connectivity index is 2.01. The van der Waals surface area contributed by atoms with Gasteiger partial charge in [0.25, 0.3) is 0 Å². The number of rotatable bonds is 6. The molecule has 0 spiro atoms. The molecule has 0 unspecified atom stereocenters. The summed E-state index contributed by atoms with van der Waals surface area (Å²) in [7, 11) is 1.25. The minimum Gasteiger partial charge on any atom is -0.465 e. The number of anilines is 4. The molecule has 0 fully saturated rings. The SMILES string of the molecule is COC(=O)c1ccccc1Nc1ncnc(Nc2ccc(C)c(Cl)c2)c1[N+](=O)[O-]. The van der Waals surface area contributed by atoms with E-state index < -0.39 is 10.9 Å². The van der Waals surface area contributed by atoms with Crippen molar-refractivity contribution in [3.8, 4) is 0 Å². The predicted octanol–water partition coefficient (Wildman–Crippen LogP) is 4.62. The Hall–Kier alpha value is -3.72. The van der Waals surface area contributed by atoms with Gasteiger partial charge in [0.15, 0.2) is 0 Å². The standard InChI is InChI=1S/C19H16ClN5O4/c1-11-7-8-12(9-14(11)20)23-17-16(25(27)28)18(22-10-21-17)24-15-6-4-3-5-13(15)19(26)29-2/h3-10H,1-2H3,(H2,21,22,23,24). The second-order valence-corrected chi connectivity index (χ2v) is 6.33. The quantitative estimate of drug-likeness (QED) is 0.341. The molecule has 3 aromatic rings. The molecule has 148 valence electrons. The molecule has 0 saturated carbocycles. The average Bonchev–Trinajstić information content (AvgIpc) is 2.70. The molecule has 0 atom stereocenters. The van der Waals surface area contributed by atoms with Crippen LogP contribution in [0.5, 0.6) is 0 Å². The lowest BCUT2D eigenvalue weighted by atomic mass is 10.2. The number of hydrogen-bond donors (Lipinski definition) is 2. The van der Waals surface area contributed by atoms with E-state index in [-0.39, 0.29) is 22.9 Å². The number of methoxy groups -OCH3 is 1. The van der Waals surface area contributed by atoms with E-state index in [4.69, 9.17) is 16.3 Å². The van der Waals surface area contributed by atoms with Gasteiger partial charge in [0.2, 0.25) is 11.6 Å². The minimum atomic E-state index is -0.610. The fourth-order valence-corrected chi connectivity index (χ4v) is 2.73. The van der Waals surface area contributed by atoms with Crippen molar-refractivity contribution in [1.82, 2.24) is 9.97 Å². The Kier molecular flexibility index (Phi) is 5.89. The summed E-state index contributed by atoms with van der Waals surface area (Å²) in [5.74, 6) is -0.692. The summed E-state index contributed by atoms with van der Waals surface area (Å²) in [5.41, 5.74) is 1.54. The van der Waals surface area contributed by atoms with Gasteiger partial charge in [0.1, 0.15) is 6.33 Å². The van der Waals surface area contributed by atoms with Gasteiger partial charge < -0.3 is 15.4 Å². The van der Waals surface area contributed by atoms with E-state index in [9.17, 15) is 14.9 Å². The Labute approximate surface area is 170 Å². The second kappa shape index (κ2) is 8.53. The second-order valence-electron chi connectivity index (χ2n) is 5.93. The smallest absolute Gasteiger partial charge is 0.353 e. The van der Waals surface area contributed by atoms with Crippen LogP contribution in [-0.4, -0.2) is 28.0 Å². The fraction of sp³-hybridized carbons (Fsp3) is 0.105. The maximum atomic E-state index is 12.0. The lowest BCUT2D eigenvalue weighted by molar-refractivity contribution is -0.383. The van der Waals surface area contributed by atoms with Crippen molar-refractivity contribution in [3.05, 3.63) is 75.1 Å². The summed E-state index contributed by atoms with van der Waals surface area (Å²) in [5, 5.41) is 18.0. The maximum absolute atomic E-state index is 12.0. The number of nitrogens with one attached hydrogen (secondary N) is 2. The van der Waals surface area contributed by atoms with Gasteiger partial charge in [0.05, 0.1) is 23.3 Å². The highest BCUT2D eigenvalue weighted by Gasteiger charge is 2.24. The number of benzene rings is 2. The molecule has 0 aliphatic carbocycles. The number of esters is 1. The van der Waals surface area contributed by atoms with Crippen LogP contribution < -0.4 is 10.6 Å². The molecular formula is C19H16ClN5O4. The molecule has 2 N–H and O–H groups in total. The van der Waals surface area contributed by atoms with Crippen LogP contribution in [-0.2, 0) is 4.74 Å². The van der Waals surface area contributed by atoms with E-state index in [1.54, 1.807) is 36.4 Å². The van der Waals surface area contributed by atoms with Crippen molar-refractivity contribution >= 4 is 46.3 Å². The van der Waals surface area contributed by atoms with Crippen molar-refractivity contribution in [1.29, 1.82) is 0 Å². The first-order valence-corrected chi connectivity index (χ1v) is 8.75. The van der Waals surface area contributed by atoms with Crippen LogP contribution in [0, 0.1) is 17.0 Å². The van der Waals surface area contributed by atoms with Crippen LogP contribution in [0.3, 0.4) is 0 Å². The van der Waals surface area contributed by atoms with E-state index >= 15 is 0 Å². The van der Waals surface area contributed by atoms with Gasteiger partial charge >= 0.3 is 11.7 Å². The van der Waals surface area contributed by atoms with Crippen molar-refractivity contribution in [3.63, 3.8) is 0 Å². The number of nitro groups is 1. The maximum Gasteiger partial charge on any atom is 0.353 e. The van der Waals surface area contributed by atoms with Crippen LogP contribution >= 0.6 is 11.6 Å². The van der Waals surface area contributed by atoms with Gasteiger partial charge in [-0.3, -0.25) is 10.1 Å². The fourth-order valence-electron chi connectivity index (χ4n) is 2.55. The van der Waals surface area contributed by atoms with Crippen LogP contribution in [0.1, 0.15) is 15.9 Å². The zero-order chi connectivity index (χ0) is 21.0. The van der Waals surface area contributed by atoms with Gasteiger partial charge in [-0.05, 0) is 36.8 Å². The number of aryl methyl sites for hydroxylation is 1. The molecule has 2 aromatic carbocycles. The summed E-state index contributed by atoms with van der Waals surface area (Å²) >= 11 is 6.12. The molecule has 3 rings (SSSR count). The number of carbonyl (C=O) groups excluding carboxylic acids is 1. The van der Waals surface area contributed by atoms with Gasteiger partial charge in [0, 0.05) is 10.7 Å². The predicted molar refractivity (Wildman–Crippen MR) is 109 cm³/mol. The number of hydrogen-bond acceptors (Lipinski definition) is 8. The Morgan fingerprint density at radius 2 is 1.83 bits per heavy atom. The summed E-state index contributed by atoms with van der Waals surface area (Å²) in [6.07, 6.45) is 1.17. The molecular weight excluding hydrogens is 398 g/mol. The van der Waals surface area contributed by atoms with E-state index in [1.165, 1.54) is 19.5 Å². The molecule has 9 nitrogen and oxygen atoms in total. The summed E-state index contributed by atoms with van der Waals surface area (Å²) < 4.78 is 4.75. The number of halogens is 1. The minimum absolute atomic E-state index is 0.0250. The van der Waals surface area contributed by atoms with Gasteiger partial charge in [-0.15, -0.1) is 0 Å². The molecule has 0 amide bonds. The molecule has 1 heterocycles. The third kappa shape index (κ3) is 4.41. The average molecular weight is 414 g/mol. The van der Waals surface area contributed by atoms with Gasteiger partial charge in [-0.25, -0.2) is 14.8 Å². The zero-order valence-corrected chi connectivity index (χ0v) is 16.2. The first-order valence-electron chi connectivity index (χ1n) is 8.37. The van der Waals surface area contributed by atoms with Crippen LogP contribution in [0.15, 0.2) is 48.8 Å². The van der Waals surface area contributed by atoms with Crippen molar-refractivity contribution in [2.24, 2.45) is 0 Å². The van der Waals surface area contributed by atoms with E-state index in [2.05, 4.69) is 20.6 Å². The van der Waals surface area contributed by atoms with Gasteiger partial charge in [-0.1, -0.05) is 29.8 Å². The first kappa shape index (κ1) is 20.0. The normalized spacial score (nSPS) is 10.3. The topological polar surface area (TPSA) is 119 Å². The van der Waals surface area contributed by atoms with Crippen LogP contribution in [0.25, 0.3) is 0 Å². The summed E-state index contributed by atoms with van der Waals surface area (Å²) in [6.45, 7) is 1.85. The highest BCUT2D eigenvalue weighted by molar-refractivity contribution is 6.31. The third-order valence-corrected chi connectivity index (χ3v) is 4.43. The Morgan fingerprint density at radius 3 is 2.48 bits per heavy atom. The number of carbonyl (C=O) groups is 1. The van der Waals surface area contributed by atoms with E-state index in [0.717, 1.165) is 5.56 Å². The Bertz CT molecular complexity index is 1090. The number of aromatic nitrogens is 2. The number of nitrogens with zero attached hydrogens (tertiary/aromatic N) is 3. The Morgan fingerprint density at radius 1 is 1.14 bits per heavy atom. The van der Waals surface area contributed by atoms with Crippen LogP contribution in [0.2, 0.25) is 5.02 Å². The highest BCUT2D eigenvalue weighted by atomic mass is 35.5. The molecule has 0 saturated heterocycles. The van der Waals surface area contributed by atoms with Crippen molar-refractivity contribution in [2.45, 2.75) is 6.92 Å². The summed E-state index contributed by atoms with van der Waals surface area (Å²) in [4.78, 5) is 31.1. The lowest BCUT2D eigenvalue weighted by Gasteiger charge is -2.12. The molecule has 29 heavy (non-hydrogen) atoms. The van der Waals surface area contributed by atoms with Crippen molar-refractivity contribution in [2.75, 3.05) is 17.7 Å². The largest absolute Gasteiger partial charge is 0.465 e. The van der Waals surface area contributed by atoms with Crippen molar-refractivity contribution < 1.29 is 14.5 Å². The van der Waals surface area contributed by atoms with E-state index in [1.807, 2.05) is 6.92 Å². The molecule has 0 radical (unpaired) electrons. The molecule has 0 aliphatic rings. The molecule has 0 aliphatic heterocycles. The monoisotopic (exact) mass is 413 g/mol.